The molecule has 3 rings (SSSR count). The average Bonchev–Trinajstić information content (AvgIpc) is 3.36. The minimum Gasteiger partial charge on any atom is -0.478 e. The van der Waals surface area contributed by atoms with E-state index in [-0.39, 0.29) is 5.91 Å². The number of carboxylic acids is 1. The monoisotopic (exact) mass is 286 g/mol. The number of aromatic nitrogens is 1. The van der Waals surface area contributed by atoms with Crippen molar-refractivity contribution in [3.05, 3.63) is 35.7 Å². The molecule has 2 N–H and O–H groups in total. The number of carbonyl (C=O) groups is 2. The third-order valence-corrected chi connectivity index (χ3v) is 4.37. The van der Waals surface area contributed by atoms with Crippen LogP contribution in [0.4, 0.5) is 0 Å². The summed E-state index contributed by atoms with van der Waals surface area (Å²) in [6.45, 7) is 0.749. The summed E-state index contributed by atoms with van der Waals surface area (Å²) < 4.78 is 0. The Morgan fingerprint density at radius 1 is 1.38 bits per heavy atom. The SMILES string of the molecule is O=C(O)/C=C/c1ccc(C(=O)NCC2(C3CC3)CC2)nc1. The molecule has 21 heavy (non-hydrogen) atoms. The van der Waals surface area contributed by atoms with Crippen molar-refractivity contribution in [2.75, 3.05) is 6.54 Å². The molecular formula is C16H18N2O3. The van der Waals surface area contributed by atoms with Gasteiger partial charge in [-0.3, -0.25) is 9.78 Å². The Bertz CT molecular complexity index is 584. The molecule has 2 aliphatic rings. The minimum atomic E-state index is -1.01. The second-order valence-corrected chi connectivity index (χ2v) is 5.97. The molecule has 1 aromatic rings. The fourth-order valence-corrected chi connectivity index (χ4v) is 2.74. The van der Waals surface area contributed by atoms with Crippen molar-refractivity contribution in [3.8, 4) is 0 Å². The third-order valence-electron chi connectivity index (χ3n) is 4.37. The summed E-state index contributed by atoms with van der Waals surface area (Å²) in [6.07, 6.45) is 9.06. The van der Waals surface area contributed by atoms with Gasteiger partial charge in [-0.05, 0) is 54.7 Å². The smallest absolute Gasteiger partial charge is 0.328 e. The number of rotatable bonds is 6. The van der Waals surface area contributed by atoms with Gasteiger partial charge in [0, 0.05) is 18.8 Å². The van der Waals surface area contributed by atoms with Crippen LogP contribution in [0.5, 0.6) is 0 Å². The van der Waals surface area contributed by atoms with Gasteiger partial charge in [0.15, 0.2) is 0 Å². The molecule has 0 unspecified atom stereocenters. The summed E-state index contributed by atoms with van der Waals surface area (Å²) >= 11 is 0. The van der Waals surface area contributed by atoms with Crippen LogP contribution in [0.1, 0.15) is 41.7 Å². The van der Waals surface area contributed by atoms with Crippen molar-refractivity contribution >= 4 is 18.0 Å². The van der Waals surface area contributed by atoms with Gasteiger partial charge in [0.25, 0.3) is 5.91 Å². The fourth-order valence-electron chi connectivity index (χ4n) is 2.74. The maximum Gasteiger partial charge on any atom is 0.328 e. The van der Waals surface area contributed by atoms with E-state index in [1.54, 1.807) is 12.1 Å². The second-order valence-electron chi connectivity index (χ2n) is 5.97. The lowest BCUT2D eigenvalue weighted by Crippen LogP contribution is -2.31. The molecule has 0 saturated heterocycles. The van der Waals surface area contributed by atoms with Crippen molar-refractivity contribution < 1.29 is 14.7 Å². The maximum absolute atomic E-state index is 12.1. The summed E-state index contributed by atoms with van der Waals surface area (Å²) in [5.41, 5.74) is 1.40. The molecule has 110 valence electrons. The summed E-state index contributed by atoms with van der Waals surface area (Å²) in [5, 5.41) is 11.5. The molecular weight excluding hydrogens is 268 g/mol. The van der Waals surface area contributed by atoms with Gasteiger partial charge < -0.3 is 10.4 Å². The largest absolute Gasteiger partial charge is 0.478 e. The van der Waals surface area contributed by atoms with Gasteiger partial charge in [-0.15, -0.1) is 0 Å². The molecule has 1 amide bonds. The van der Waals surface area contributed by atoms with E-state index in [4.69, 9.17) is 5.11 Å². The van der Waals surface area contributed by atoms with Gasteiger partial charge in [-0.25, -0.2) is 4.79 Å². The van der Waals surface area contributed by atoms with Crippen LogP contribution >= 0.6 is 0 Å². The van der Waals surface area contributed by atoms with Gasteiger partial charge in [0.2, 0.25) is 0 Å². The van der Waals surface area contributed by atoms with Crippen molar-refractivity contribution in [2.45, 2.75) is 25.7 Å². The molecule has 0 spiro atoms. The highest BCUT2D eigenvalue weighted by Crippen LogP contribution is 2.60. The standard InChI is InChI=1S/C16H18N2O3/c19-14(20)6-2-11-1-5-13(17-9-11)15(21)18-10-16(7-8-16)12-3-4-12/h1-2,5-6,9,12H,3-4,7-8,10H2,(H,18,21)(H,19,20)/b6-2+. The first-order valence-electron chi connectivity index (χ1n) is 7.24. The van der Waals surface area contributed by atoms with Crippen LogP contribution < -0.4 is 5.32 Å². The number of aliphatic carboxylic acids is 1. The first kappa shape index (κ1) is 13.8. The molecule has 2 saturated carbocycles. The Morgan fingerprint density at radius 3 is 2.67 bits per heavy atom. The van der Waals surface area contributed by atoms with Gasteiger partial charge >= 0.3 is 5.97 Å². The Morgan fingerprint density at radius 2 is 2.14 bits per heavy atom. The van der Waals surface area contributed by atoms with Crippen LogP contribution in [0.3, 0.4) is 0 Å². The van der Waals surface area contributed by atoms with Gasteiger partial charge in [0.05, 0.1) is 0 Å². The molecule has 0 aromatic carbocycles. The summed E-state index contributed by atoms with van der Waals surface area (Å²) in [6, 6.07) is 3.31. The Kier molecular flexibility index (Phi) is 3.49. The van der Waals surface area contributed by atoms with Crippen LogP contribution in [-0.2, 0) is 4.79 Å². The number of carbonyl (C=O) groups excluding carboxylic acids is 1. The zero-order valence-corrected chi connectivity index (χ0v) is 11.7. The Labute approximate surface area is 123 Å². The lowest BCUT2D eigenvalue weighted by Gasteiger charge is -2.14. The fraction of sp³-hybridized carbons (Fsp3) is 0.438. The predicted octanol–water partition coefficient (Wildman–Crippen LogP) is 2.10. The highest BCUT2D eigenvalue weighted by atomic mass is 16.4. The van der Waals surface area contributed by atoms with E-state index in [0.717, 1.165) is 18.5 Å². The molecule has 1 heterocycles. The van der Waals surface area contributed by atoms with Crippen LogP contribution in [0.15, 0.2) is 24.4 Å². The molecule has 0 atom stereocenters. The topological polar surface area (TPSA) is 79.3 Å². The normalized spacial score (nSPS) is 19.4. The Balaban J connectivity index is 1.56. The van der Waals surface area contributed by atoms with Crippen LogP contribution in [0, 0.1) is 11.3 Å². The van der Waals surface area contributed by atoms with E-state index >= 15 is 0 Å². The summed E-state index contributed by atoms with van der Waals surface area (Å²) in [7, 11) is 0. The molecule has 2 fully saturated rings. The number of carboxylic acid groups (broad SMARTS) is 1. The molecule has 5 heteroatoms. The zero-order chi connectivity index (χ0) is 14.9. The molecule has 0 aliphatic heterocycles. The number of pyridine rings is 1. The number of nitrogens with one attached hydrogen (secondary N) is 1. The lowest BCUT2D eigenvalue weighted by molar-refractivity contribution is -0.131. The van der Waals surface area contributed by atoms with E-state index < -0.39 is 5.97 Å². The third kappa shape index (κ3) is 3.29. The van der Waals surface area contributed by atoms with Gasteiger partial charge in [-0.1, -0.05) is 6.07 Å². The van der Waals surface area contributed by atoms with Crippen molar-refractivity contribution in [1.29, 1.82) is 0 Å². The van der Waals surface area contributed by atoms with E-state index in [1.807, 2.05) is 0 Å². The minimum absolute atomic E-state index is 0.157. The highest BCUT2D eigenvalue weighted by Gasteiger charge is 2.53. The van der Waals surface area contributed by atoms with Crippen molar-refractivity contribution in [2.24, 2.45) is 11.3 Å². The zero-order valence-electron chi connectivity index (χ0n) is 11.7. The second kappa shape index (κ2) is 5.31. The maximum atomic E-state index is 12.1. The number of hydrogen-bond acceptors (Lipinski definition) is 3. The predicted molar refractivity (Wildman–Crippen MR) is 77.6 cm³/mol. The summed E-state index contributed by atoms with van der Waals surface area (Å²) in [4.78, 5) is 26.6. The number of hydrogen-bond donors (Lipinski definition) is 2. The Hall–Kier alpha value is -2.17. The average molecular weight is 286 g/mol. The van der Waals surface area contributed by atoms with Crippen molar-refractivity contribution in [1.82, 2.24) is 10.3 Å². The first-order chi connectivity index (χ1) is 10.1. The van der Waals surface area contributed by atoms with Crippen molar-refractivity contribution in [3.63, 3.8) is 0 Å². The molecule has 0 bridgehead atoms. The summed E-state index contributed by atoms with van der Waals surface area (Å²) in [5.74, 6) is -0.350. The molecule has 0 radical (unpaired) electrons. The molecule has 2 aliphatic carbocycles. The van der Waals surface area contributed by atoms with Crippen LogP contribution in [0.25, 0.3) is 6.08 Å². The van der Waals surface area contributed by atoms with E-state index in [1.165, 1.54) is 38.0 Å². The van der Waals surface area contributed by atoms with E-state index in [0.29, 0.717) is 16.7 Å². The van der Waals surface area contributed by atoms with Gasteiger partial charge in [-0.2, -0.15) is 0 Å². The number of nitrogens with zero attached hydrogens (tertiary/aromatic N) is 1. The molecule has 1 aromatic heterocycles. The van der Waals surface area contributed by atoms with E-state index in [2.05, 4.69) is 10.3 Å². The van der Waals surface area contributed by atoms with Crippen LogP contribution in [0.2, 0.25) is 0 Å². The van der Waals surface area contributed by atoms with Gasteiger partial charge in [0.1, 0.15) is 5.69 Å². The highest BCUT2D eigenvalue weighted by molar-refractivity contribution is 5.92. The lowest BCUT2D eigenvalue weighted by atomic mass is 10.0. The molecule has 5 nitrogen and oxygen atoms in total. The van der Waals surface area contributed by atoms with E-state index in [9.17, 15) is 9.59 Å². The quantitative estimate of drug-likeness (QED) is 0.785. The number of amides is 1. The van der Waals surface area contributed by atoms with Crippen LogP contribution in [-0.4, -0.2) is 28.5 Å². The first-order valence-corrected chi connectivity index (χ1v) is 7.24.